The van der Waals surface area contributed by atoms with Crippen molar-refractivity contribution in [3.63, 3.8) is 0 Å². The number of methoxy groups -OCH3 is 1. The van der Waals surface area contributed by atoms with E-state index in [2.05, 4.69) is 18.4 Å². The summed E-state index contributed by atoms with van der Waals surface area (Å²) in [6.07, 6.45) is 3.67. The maximum atomic E-state index is 16.0. The van der Waals surface area contributed by atoms with Gasteiger partial charge in [0.2, 0.25) is 0 Å². The summed E-state index contributed by atoms with van der Waals surface area (Å²) in [6.45, 7) is 3.49. The van der Waals surface area contributed by atoms with Gasteiger partial charge in [-0.05, 0) is 55.0 Å². The molecule has 1 saturated heterocycles. The molecule has 1 fully saturated rings. The number of carboxylic acids is 1. The van der Waals surface area contributed by atoms with Crippen LogP contribution >= 0.6 is 0 Å². The molecule has 36 heavy (non-hydrogen) atoms. The summed E-state index contributed by atoms with van der Waals surface area (Å²) in [4.78, 5) is 16.4. The van der Waals surface area contributed by atoms with E-state index in [1.807, 2.05) is 30.3 Å². The number of nitrogens with one attached hydrogen (secondary N) is 1. The van der Waals surface area contributed by atoms with E-state index in [1.54, 1.807) is 7.11 Å². The second-order valence-electron chi connectivity index (χ2n) is 10.6. The van der Waals surface area contributed by atoms with Crippen LogP contribution in [0.4, 0.5) is 10.2 Å². The number of quaternary nitrogens is 1. The van der Waals surface area contributed by atoms with Crippen molar-refractivity contribution in [2.75, 3.05) is 58.9 Å². The molecule has 0 aliphatic carbocycles. The van der Waals surface area contributed by atoms with E-state index in [9.17, 15) is 9.90 Å². The number of ether oxygens (including phenoxy) is 2. The van der Waals surface area contributed by atoms with Gasteiger partial charge < -0.3 is 24.4 Å². The lowest BCUT2D eigenvalue weighted by Crippen LogP contribution is -2.47. The summed E-state index contributed by atoms with van der Waals surface area (Å²) in [5.41, 5.74) is 1.80. The summed E-state index contributed by atoms with van der Waals surface area (Å²) < 4.78 is 27.3. The molecule has 0 spiro atoms. The fourth-order valence-corrected chi connectivity index (χ4v) is 5.66. The zero-order chi connectivity index (χ0) is 25.6. The number of carboxylic acid groups (broad SMARTS) is 1. The summed E-state index contributed by atoms with van der Waals surface area (Å²) in [7, 11) is 3.67. The minimum absolute atomic E-state index is 0.000690. The number of rotatable bonds is 12. The van der Waals surface area contributed by atoms with Gasteiger partial charge in [-0.1, -0.05) is 18.2 Å². The fourth-order valence-electron chi connectivity index (χ4n) is 5.66. The van der Waals surface area contributed by atoms with Crippen LogP contribution in [0.15, 0.2) is 36.4 Å². The molecule has 2 unspecified atom stereocenters. The average molecular weight is 501 g/mol. The molecular weight excluding hydrogens is 461 g/mol. The Kier molecular flexibility index (Phi) is 8.46. The van der Waals surface area contributed by atoms with Crippen LogP contribution in [0, 0.1) is 0 Å². The summed E-state index contributed by atoms with van der Waals surface area (Å²) in [5.74, 6) is 0.559. The van der Waals surface area contributed by atoms with Crippen molar-refractivity contribution >= 4 is 11.8 Å². The van der Waals surface area contributed by atoms with Crippen molar-refractivity contribution in [2.45, 2.75) is 50.1 Å². The molecule has 1 aromatic carbocycles. The normalized spacial score (nSPS) is 24.1. The first-order chi connectivity index (χ1) is 17.3. The number of benzene rings is 1. The monoisotopic (exact) mass is 500 g/mol. The number of hydrogen-bond acceptors (Lipinski definition) is 5. The van der Waals surface area contributed by atoms with Crippen LogP contribution in [0.3, 0.4) is 0 Å². The Labute approximate surface area is 213 Å². The van der Waals surface area contributed by atoms with E-state index in [4.69, 9.17) is 14.5 Å². The molecule has 0 amide bonds. The van der Waals surface area contributed by atoms with Crippen molar-refractivity contribution in [2.24, 2.45) is 0 Å². The molecule has 1 aromatic heterocycles. The summed E-state index contributed by atoms with van der Waals surface area (Å²) >= 11 is 0. The van der Waals surface area contributed by atoms with Gasteiger partial charge in [0.15, 0.2) is 5.67 Å². The molecule has 196 valence electrons. The van der Waals surface area contributed by atoms with Gasteiger partial charge in [0.25, 0.3) is 0 Å². The van der Waals surface area contributed by atoms with E-state index in [0.29, 0.717) is 62.3 Å². The predicted octanol–water partition coefficient (Wildman–Crippen LogP) is 4.21. The Morgan fingerprint density at radius 1 is 1.31 bits per heavy atom. The van der Waals surface area contributed by atoms with E-state index in [1.165, 1.54) is 5.56 Å². The largest absolute Gasteiger partial charge is 0.491 e. The zero-order valence-corrected chi connectivity index (χ0v) is 21.5. The number of anilines is 1. The highest BCUT2D eigenvalue weighted by Gasteiger charge is 2.47. The maximum Gasteiger partial charge on any atom is 0.304 e. The van der Waals surface area contributed by atoms with Crippen molar-refractivity contribution in [1.82, 2.24) is 4.98 Å². The first-order valence-corrected chi connectivity index (χ1v) is 13.0. The smallest absolute Gasteiger partial charge is 0.304 e. The Balaban J connectivity index is 1.40. The van der Waals surface area contributed by atoms with E-state index in [-0.39, 0.29) is 12.3 Å². The molecule has 7 nitrogen and oxygen atoms in total. The fraction of sp³-hybridized carbons (Fsp3) is 0.571. The lowest BCUT2D eigenvalue weighted by molar-refractivity contribution is -0.901. The Bertz CT molecular complexity index is 1050. The highest BCUT2D eigenvalue weighted by Crippen LogP contribution is 2.37. The Morgan fingerprint density at radius 2 is 2.17 bits per heavy atom. The molecule has 0 radical (unpaired) electrons. The number of alkyl halides is 1. The number of aromatic nitrogens is 1. The number of halogens is 1. The molecule has 2 aliphatic rings. The molecule has 0 bridgehead atoms. The van der Waals surface area contributed by atoms with Gasteiger partial charge >= 0.3 is 5.97 Å². The standard InChI is InChI=1S/C28H38FN3O4/c1-32(19-23(18-26(33)34)22-5-3-7-25(17-22)36-16-15-35-2)14-12-28(29,20-32)11-10-24-9-8-21-6-4-13-30-27(21)31-24/h3,5,7-9,17,23H,4,6,10-16,18-20H2,1-2H3,(H-,30,31,33,34)/p+1/t23?,28-,32?/m0/s1. The number of hydrogen-bond donors (Lipinski definition) is 2. The third-order valence-electron chi connectivity index (χ3n) is 7.51. The second-order valence-corrected chi connectivity index (χ2v) is 10.6. The first-order valence-electron chi connectivity index (χ1n) is 13.0. The average Bonchev–Trinajstić information content (AvgIpc) is 3.17. The lowest BCUT2D eigenvalue weighted by atomic mass is 9.93. The van der Waals surface area contributed by atoms with E-state index in [0.717, 1.165) is 36.5 Å². The highest BCUT2D eigenvalue weighted by molar-refractivity contribution is 5.68. The third-order valence-corrected chi connectivity index (χ3v) is 7.51. The molecule has 2 aliphatic heterocycles. The van der Waals surface area contributed by atoms with E-state index < -0.39 is 11.6 Å². The first kappa shape index (κ1) is 26.4. The van der Waals surface area contributed by atoms with Crippen molar-refractivity contribution in [3.05, 3.63) is 53.2 Å². The van der Waals surface area contributed by atoms with Crippen LogP contribution in [0.5, 0.6) is 5.75 Å². The molecule has 3 atom stereocenters. The number of fused-ring (bicyclic) bond motifs is 1. The minimum Gasteiger partial charge on any atom is -0.491 e. The minimum atomic E-state index is -1.28. The highest BCUT2D eigenvalue weighted by atomic mass is 19.1. The molecular formula is C28H39FN3O4+. The van der Waals surface area contributed by atoms with Crippen molar-refractivity contribution < 1.29 is 28.2 Å². The topological polar surface area (TPSA) is 80.7 Å². The maximum absolute atomic E-state index is 16.0. The molecule has 0 saturated carbocycles. The third kappa shape index (κ3) is 6.95. The number of likely N-dealkylation sites (N-methyl/N-ethyl adjacent to an activating group) is 1. The Morgan fingerprint density at radius 3 is 2.97 bits per heavy atom. The van der Waals surface area contributed by atoms with Crippen LogP contribution in [-0.4, -0.2) is 79.8 Å². The van der Waals surface area contributed by atoms with Gasteiger partial charge in [-0.25, -0.2) is 9.37 Å². The molecule has 2 N–H and O–H groups in total. The van der Waals surface area contributed by atoms with Crippen LogP contribution in [0.25, 0.3) is 0 Å². The van der Waals surface area contributed by atoms with Gasteiger partial charge in [-0.2, -0.15) is 0 Å². The van der Waals surface area contributed by atoms with E-state index >= 15 is 4.39 Å². The molecule has 2 aromatic rings. The van der Waals surface area contributed by atoms with Gasteiger partial charge in [0.1, 0.15) is 24.7 Å². The number of aryl methyl sites for hydroxylation is 2. The Hall–Kier alpha value is -2.71. The number of nitrogens with zero attached hydrogens (tertiary/aromatic N) is 2. The van der Waals surface area contributed by atoms with Gasteiger partial charge in [-0.3, -0.25) is 4.79 Å². The van der Waals surface area contributed by atoms with Gasteiger partial charge in [0.05, 0.1) is 33.2 Å². The van der Waals surface area contributed by atoms with Gasteiger partial charge in [0, 0.05) is 31.7 Å². The summed E-state index contributed by atoms with van der Waals surface area (Å²) in [6, 6.07) is 11.7. The SMILES string of the molecule is COCCOc1cccc(C(CC(=O)O)C[N+]2(C)CC[C@@](F)(CCc3ccc4c(n3)NCCC4)C2)c1. The number of aliphatic carboxylic acids is 1. The molecule has 4 rings (SSSR count). The van der Waals surface area contributed by atoms with Crippen LogP contribution < -0.4 is 10.1 Å². The quantitative estimate of drug-likeness (QED) is 0.336. The zero-order valence-electron chi connectivity index (χ0n) is 21.5. The second kappa shape index (κ2) is 11.6. The lowest BCUT2D eigenvalue weighted by Gasteiger charge is -2.34. The number of likely N-dealkylation sites (tertiary alicyclic amines) is 1. The van der Waals surface area contributed by atoms with Crippen LogP contribution in [0.1, 0.15) is 48.4 Å². The van der Waals surface area contributed by atoms with Gasteiger partial charge in [-0.15, -0.1) is 0 Å². The predicted molar refractivity (Wildman–Crippen MR) is 137 cm³/mol. The molecule has 3 heterocycles. The van der Waals surface area contributed by atoms with Crippen LogP contribution in [-0.2, 0) is 22.4 Å². The van der Waals surface area contributed by atoms with Crippen LogP contribution in [0.2, 0.25) is 0 Å². The van der Waals surface area contributed by atoms with Crippen molar-refractivity contribution in [3.8, 4) is 5.75 Å². The number of pyridine rings is 1. The number of carbonyl (C=O) groups is 1. The molecule has 8 heteroatoms. The summed E-state index contributed by atoms with van der Waals surface area (Å²) in [5, 5.41) is 13.0. The van der Waals surface area contributed by atoms with Crippen molar-refractivity contribution in [1.29, 1.82) is 0 Å².